The van der Waals surface area contributed by atoms with E-state index in [-0.39, 0.29) is 5.75 Å². The fourth-order valence-corrected chi connectivity index (χ4v) is 4.20. The highest BCUT2D eigenvalue weighted by atomic mass is 32.2. The number of hydrogen-bond donors (Lipinski definition) is 1. The van der Waals surface area contributed by atoms with E-state index in [1.807, 2.05) is 46.9 Å². The van der Waals surface area contributed by atoms with E-state index in [1.165, 1.54) is 0 Å². The predicted molar refractivity (Wildman–Crippen MR) is 96.2 cm³/mol. The number of aromatic nitrogens is 3. The Morgan fingerprint density at radius 2 is 1.79 bits per heavy atom. The Kier molecular flexibility index (Phi) is 3.97. The Hall–Kier alpha value is -2.35. The minimum Gasteiger partial charge on any atom is -0.306 e. The second kappa shape index (κ2) is 6.27. The van der Waals surface area contributed by atoms with Crippen molar-refractivity contribution in [3.05, 3.63) is 66.5 Å². The van der Waals surface area contributed by atoms with Gasteiger partial charge in [0.05, 0.1) is 16.3 Å². The van der Waals surface area contributed by atoms with Crippen LogP contribution in [0.15, 0.2) is 60.9 Å². The summed E-state index contributed by atoms with van der Waals surface area (Å²) in [6.45, 7) is 0. The van der Waals surface area contributed by atoms with Gasteiger partial charge >= 0.3 is 0 Å². The summed E-state index contributed by atoms with van der Waals surface area (Å²) in [5.74, 6) is 0.142. The van der Waals surface area contributed by atoms with Crippen molar-refractivity contribution in [1.82, 2.24) is 14.6 Å². The molecule has 2 aromatic carbocycles. The van der Waals surface area contributed by atoms with Crippen LogP contribution < -0.4 is 0 Å². The molecule has 0 amide bonds. The average molecular weight is 355 g/mol. The lowest BCUT2D eigenvalue weighted by atomic mass is 10.1. The third kappa shape index (κ3) is 2.77. The molecule has 0 fully saturated rings. The molecule has 4 rings (SSSR count). The number of hydrogen-bond acceptors (Lipinski definition) is 4. The number of benzene rings is 2. The maximum absolute atomic E-state index is 10.9. The van der Waals surface area contributed by atoms with E-state index in [4.69, 9.17) is 4.55 Å². The number of fused-ring (bicyclic) bond motifs is 1. The fourth-order valence-electron chi connectivity index (χ4n) is 2.65. The zero-order valence-corrected chi connectivity index (χ0v) is 14.1. The van der Waals surface area contributed by atoms with Gasteiger partial charge in [0.2, 0.25) is 4.96 Å². The largest absolute Gasteiger partial charge is 0.306 e. The number of nitrogens with zero attached hydrogens (tertiary/aromatic N) is 3. The molecule has 2 aromatic heterocycles. The van der Waals surface area contributed by atoms with E-state index in [9.17, 15) is 4.21 Å². The summed E-state index contributed by atoms with van der Waals surface area (Å²) in [5, 5.41) is 8.16. The highest BCUT2D eigenvalue weighted by Crippen LogP contribution is 2.38. The molecule has 0 aliphatic rings. The first-order chi connectivity index (χ1) is 11.7. The summed E-state index contributed by atoms with van der Waals surface area (Å²) in [7, 11) is 0. The summed E-state index contributed by atoms with van der Waals surface area (Å²) in [6.07, 6.45) is 1.72. The third-order valence-corrected chi connectivity index (χ3v) is 5.39. The molecule has 0 saturated heterocycles. The minimum atomic E-state index is -1.83. The van der Waals surface area contributed by atoms with Crippen LogP contribution >= 0.6 is 11.3 Å². The van der Waals surface area contributed by atoms with Gasteiger partial charge in [0.15, 0.2) is 11.1 Å². The van der Waals surface area contributed by atoms with E-state index >= 15 is 0 Å². The number of rotatable bonds is 4. The van der Waals surface area contributed by atoms with Crippen LogP contribution in [-0.2, 0) is 16.8 Å². The smallest absolute Gasteiger partial charge is 0.217 e. The first-order valence-electron chi connectivity index (χ1n) is 7.27. The van der Waals surface area contributed by atoms with E-state index in [1.54, 1.807) is 17.7 Å². The summed E-state index contributed by atoms with van der Waals surface area (Å²) in [4.78, 5) is 1.94. The van der Waals surface area contributed by atoms with E-state index in [0.29, 0.717) is 0 Å². The molecule has 0 bridgehead atoms. The van der Waals surface area contributed by atoms with Crippen LogP contribution in [0.4, 0.5) is 0 Å². The molecule has 4 aromatic rings. The molecule has 0 saturated carbocycles. The van der Waals surface area contributed by atoms with Crippen LogP contribution in [0.1, 0.15) is 5.56 Å². The van der Waals surface area contributed by atoms with E-state index in [2.05, 4.69) is 22.3 Å². The van der Waals surface area contributed by atoms with Gasteiger partial charge in [-0.2, -0.15) is 0 Å². The SMILES string of the molecule is O=S(O)Cc1ccc(-c2sc3nncn3c2-c2ccccc2)cc1. The monoisotopic (exact) mass is 355 g/mol. The first kappa shape index (κ1) is 15.2. The standard InChI is InChI=1S/C17H13N3O2S2/c21-24(22)10-12-6-8-14(9-7-12)16-15(13-4-2-1-3-5-13)20-11-18-19-17(20)23-16/h1-9,11H,10H2,(H,21,22). The normalized spacial score (nSPS) is 12.5. The minimum absolute atomic E-state index is 0.142. The van der Waals surface area contributed by atoms with Gasteiger partial charge in [0.1, 0.15) is 6.33 Å². The van der Waals surface area contributed by atoms with Crippen molar-refractivity contribution < 1.29 is 8.76 Å². The molecule has 0 spiro atoms. The summed E-state index contributed by atoms with van der Waals surface area (Å²) >= 11 is -0.249. The topological polar surface area (TPSA) is 67.5 Å². The van der Waals surface area contributed by atoms with Gasteiger partial charge in [-0.05, 0) is 11.1 Å². The second-order valence-corrected chi connectivity index (χ2v) is 7.20. The van der Waals surface area contributed by atoms with Gasteiger partial charge in [-0.3, -0.25) is 4.40 Å². The molecule has 120 valence electrons. The van der Waals surface area contributed by atoms with E-state index < -0.39 is 11.1 Å². The van der Waals surface area contributed by atoms with Crippen LogP contribution in [0.2, 0.25) is 0 Å². The Balaban J connectivity index is 1.85. The van der Waals surface area contributed by atoms with Gasteiger partial charge in [-0.1, -0.05) is 65.9 Å². The highest BCUT2D eigenvalue weighted by Gasteiger charge is 2.16. The van der Waals surface area contributed by atoms with Gasteiger partial charge in [-0.25, -0.2) is 4.21 Å². The fraction of sp³-hybridized carbons (Fsp3) is 0.0588. The van der Waals surface area contributed by atoms with Crippen molar-refractivity contribution in [2.75, 3.05) is 0 Å². The molecule has 1 N–H and O–H groups in total. The van der Waals surface area contributed by atoms with Gasteiger partial charge in [-0.15, -0.1) is 10.2 Å². The third-order valence-electron chi connectivity index (χ3n) is 3.72. The Bertz CT molecular complexity index is 1010. The summed E-state index contributed by atoms with van der Waals surface area (Å²) in [5.41, 5.74) is 4.04. The molecular formula is C17H13N3O2S2. The van der Waals surface area contributed by atoms with Crippen LogP contribution in [-0.4, -0.2) is 23.4 Å². The van der Waals surface area contributed by atoms with Crippen molar-refractivity contribution in [2.45, 2.75) is 5.75 Å². The van der Waals surface area contributed by atoms with Gasteiger partial charge in [0.25, 0.3) is 0 Å². The summed E-state index contributed by atoms with van der Waals surface area (Å²) < 4.78 is 21.9. The van der Waals surface area contributed by atoms with Crippen molar-refractivity contribution in [2.24, 2.45) is 0 Å². The molecule has 1 atom stereocenters. The average Bonchev–Trinajstić information content (AvgIpc) is 3.16. The lowest BCUT2D eigenvalue weighted by molar-refractivity contribution is 0.563. The molecule has 2 heterocycles. The van der Waals surface area contributed by atoms with Gasteiger partial charge in [0, 0.05) is 5.56 Å². The first-order valence-corrected chi connectivity index (χ1v) is 9.36. The lowest BCUT2D eigenvalue weighted by Crippen LogP contribution is -1.92. The molecule has 7 heteroatoms. The number of thiazole rings is 1. The van der Waals surface area contributed by atoms with Crippen molar-refractivity contribution in [3.8, 4) is 21.7 Å². The van der Waals surface area contributed by atoms with Crippen LogP contribution in [0.3, 0.4) is 0 Å². The van der Waals surface area contributed by atoms with Crippen molar-refractivity contribution in [1.29, 1.82) is 0 Å². The van der Waals surface area contributed by atoms with Crippen LogP contribution in [0.25, 0.3) is 26.7 Å². The molecule has 0 aliphatic heterocycles. The molecule has 0 aliphatic carbocycles. The van der Waals surface area contributed by atoms with Crippen LogP contribution in [0.5, 0.6) is 0 Å². The van der Waals surface area contributed by atoms with Crippen molar-refractivity contribution in [3.63, 3.8) is 0 Å². The molecule has 1 unspecified atom stereocenters. The van der Waals surface area contributed by atoms with Crippen molar-refractivity contribution >= 4 is 27.4 Å². The molecule has 0 radical (unpaired) electrons. The highest BCUT2D eigenvalue weighted by molar-refractivity contribution is 7.78. The predicted octanol–water partition coefficient (Wildman–Crippen LogP) is 3.85. The summed E-state index contributed by atoms with van der Waals surface area (Å²) in [6, 6.07) is 17.9. The maximum Gasteiger partial charge on any atom is 0.217 e. The zero-order chi connectivity index (χ0) is 16.5. The molecule has 5 nitrogen and oxygen atoms in total. The van der Waals surface area contributed by atoms with Gasteiger partial charge < -0.3 is 4.55 Å². The zero-order valence-electron chi connectivity index (χ0n) is 12.5. The Labute approximate surface area is 144 Å². The molecular weight excluding hydrogens is 342 g/mol. The van der Waals surface area contributed by atoms with Crippen LogP contribution in [0, 0.1) is 0 Å². The Morgan fingerprint density at radius 3 is 2.50 bits per heavy atom. The Morgan fingerprint density at radius 1 is 1.04 bits per heavy atom. The lowest BCUT2D eigenvalue weighted by Gasteiger charge is -2.06. The maximum atomic E-state index is 10.9. The quantitative estimate of drug-likeness (QED) is 0.565. The van der Waals surface area contributed by atoms with E-state index in [0.717, 1.165) is 32.2 Å². The second-order valence-electron chi connectivity index (χ2n) is 5.29. The molecule has 24 heavy (non-hydrogen) atoms.